The van der Waals surface area contributed by atoms with Crippen LogP contribution < -0.4 is 5.32 Å². The van der Waals surface area contributed by atoms with Gasteiger partial charge in [-0.25, -0.2) is 8.78 Å². The van der Waals surface area contributed by atoms with Gasteiger partial charge in [0.2, 0.25) is 5.91 Å². The van der Waals surface area contributed by atoms with Crippen LogP contribution in [0.4, 0.5) is 14.5 Å². The highest BCUT2D eigenvalue weighted by molar-refractivity contribution is 8.00. The molecule has 0 radical (unpaired) electrons. The Labute approximate surface area is 136 Å². The van der Waals surface area contributed by atoms with Gasteiger partial charge in [0.05, 0.1) is 10.9 Å². The zero-order chi connectivity index (χ0) is 16.6. The van der Waals surface area contributed by atoms with Crippen LogP contribution in [0.5, 0.6) is 0 Å². The summed E-state index contributed by atoms with van der Waals surface area (Å²) in [6, 6.07) is 3.03. The number of hydrogen-bond acceptors (Lipinski definition) is 4. The van der Waals surface area contributed by atoms with E-state index in [0.717, 1.165) is 30.8 Å². The van der Waals surface area contributed by atoms with Crippen LogP contribution in [0, 0.1) is 11.6 Å². The first-order valence-electron chi connectivity index (χ1n) is 7.27. The lowest BCUT2D eigenvalue weighted by atomic mass is 10.3. The molecule has 122 valence electrons. The second kappa shape index (κ2) is 6.27. The van der Waals surface area contributed by atoms with E-state index in [1.165, 1.54) is 17.8 Å². The summed E-state index contributed by atoms with van der Waals surface area (Å²) in [6.07, 6.45) is 2.24. The minimum Gasteiger partial charge on any atom is -0.323 e. The van der Waals surface area contributed by atoms with Gasteiger partial charge in [-0.1, -0.05) is 11.8 Å². The highest BCUT2D eigenvalue weighted by atomic mass is 32.2. The summed E-state index contributed by atoms with van der Waals surface area (Å²) in [5, 5.41) is 10.9. The molecule has 1 amide bonds. The van der Waals surface area contributed by atoms with Crippen LogP contribution in [0.15, 0.2) is 23.4 Å². The average Bonchev–Trinajstić information content (AvgIpc) is 3.28. The second-order valence-corrected chi connectivity index (χ2v) is 6.86. The monoisotopic (exact) mass is 338 g/mol. The quantitative estimate of drug-likeness (QED) is 0.851. The summed E-state index contributed by atoms with van der Waals surface area (Å²) >= 11 is 1.25. The van der Waals surface area contributed by atoms with Crippen LogP contribution in [0.2, 0.25) is 0 Å². The summed E-state index contributed by atoms with van der Waals surface area (Å²) in [7, 11) is 1.88. The number of carbonyl (C=O) groups is 1. The Hall–Kier alpha value is -1.96. The minimum absolute atomic E-state index is 0.0412. The smallest absolute Gasteiger partial charge is 0.237 e. The van der Waals surface area contributed by atoms with Crippen molar-refractivity contribution in [2.75, 3.05) is 5.32 Å². The van der Waals surface area contributed by atoms with Crippen LogP contribution in [-0.2, 0) is 11.8 Å². The van der Waals surface area contributed by atoms with Crippen molar-refractivity contribution in [3.8, 4) is 0 Å². The highest BCUT2D eigenvalue weighted by Gasteiger charge is 2.30. The zero-order valence-corrected chi connectivity index (χ0v) is 13.5. The summed E-state index contributed by atoms with van der Waals surface area (Å²) < 4.78 is 28.3. The molecule has 23 heavy (non-hydrogen) atoms. The molecule has 5 nitrogen and oxygen atoms in total. The minimum atomic E-state index is -0.801. The van der Waals surface area contributed by atoms with Crippen molar-refractivity contribution in [2.45, 2.75) is 36.1 Å². The number of rotatable bonds is 5. The number of carbonyl (C=O) groups excluding carboxylic acids is 1. The maximum atomic E-state index is 13.6. The molecule has 1 aromatic carbocycles. The lowest BCUT2D eigenvalue weighted by Crippen LogP contribution is -2.23. The SMILES string of the molecule is C[C@@H](Sc1nnc(C2CC2)n1C)C(=O)Nc1ccc(F)cc1F. The van der Waals surface area contributed by atoms with Crippen LogP contribution in [0.1, 0.15) is 31.5 Å². The van der Waals surface area contributed by atoms with Gasteiger partial charge < -0.3 is 9.88 Å². The predicted molar refractivity (Wildman–Crippen MR) is 83.3 cm³/mol. The molecule has 8 heteroatoms. The molecule has 0 bridgehead atoms. The third kappa shape index (κ3) is 3.52. The van der Waals surface area contributed by atoms with Crippen LogP contribution in [0.25, 0.3) is 0 Å². The van der Waals surface area contributed by atoms with E-state index in [1.54, 1.807) is 6.92 Å². The van der Waals surface area contributed by atoms with E-state index >= 15 is 0 Å². The van der Waals surface area contributed by atoms with Gasteiger partial charge in [0.15, 0.2) is 5.16 Å². The lowest BCUT2D eigenvalue weighted by molar-refractivity contribution is -0.115. The molecule has 3 rings (SSSR count). The van der Waals surface area contributed by atoms with Crippen molar-refractivity contribution in [3.63, 3.8) is 0 Å². The van der Waals surface area contributed by atoms with Gasteiger partial charge in [-0.2, -0.15) is 0 Å². The molecule has 1 atom stereocenters. The Bertz CT molecular complexity index is 745. The normalized spacial score (nSPS) is 15.5. The van der Waals surface area contributed by atoms with Crippen molar-refractivity contribution in [1.29, 1.82) is 0 Å². The molecule has 1 aliphatic rings. The fourth-order valence-corrected chi connectivity index (χ4v) is 2.98. The molecule has 0 spiro atoms. The fraction of sp³-hybridized carbons (Fsp3) is 0.400. The first-order chi connectivity index (χ1) is 11.0. The summed E-state index contributed by atoms with van der Waals surface area (Å²) in [5.41, 5.74) is -0.0412. The number of nitrogens with zero attached hydrogens (tertiary/aromatic N) is 3. The van der Waals surface area contributed by atoms with Gasteiger partial charge in [-0.15, -0.1) is 10.2 Å². The third-order valence-corrected chi connectivity index (χ3v) is 4.79. The summed E-state index contributed by atoms with van der Waals surface area (Å²) in [5.74, 6) is -0.458. The van der Waals surface area contributed by atoms with Crippen LogP contribution in [0.3, 0.4) is 0 Å². The van der Waals surface area contributed by atoms with E-state index in [9.17, 15) is 13.6 Å². The average molecular weight is 338 g/mol. The van der Waals surface area contributed by atoms with E-state index in [4.69, 9.17) is 0 Å². The standard InChI is InChI=1S/C15H16F2N4OS/c1-8(14(22)18-12-6-5-10(16)7-11(12)17)23-15-20-19-13(21(15)2)9-3-4-9/h5-9H,3-4H2,1-2H3,(H,18,22)/t8-/m1/s1. The molecule has 1 saturated carbocycles. The first-order valence-corrected chi connectivity index (χ1v) is 8.15. The molecule has 1 aliphatic carbocycles. The number of nitrogens with one attached hydrogen (secondary N) is 1. The Morgan fingerprint density at radius 2 is 2.13 bits per heavy atom. The number of hydrogen-bond donors (Lipinski definition) is 1. The molecule has 1 aromatic heterocycles. The first kappa shape index (κ1) is 15.9. The molecule has 1 heterocycles. The van der Waals surface area contributed by atoms with Gasteiger partial charge in [0.25, 0.3) is 0 Å². The Balaban J connectivity index is 1.65. The van der Waals surface area contributed by atoms with Gasteiger partial charge >= 0.3 is 0 Å². The van der Waals surface area contributed by atoms with E-state index in [2.05, 4.69) is 15.5 Å². The van der Waals surface area contributed by atoms with Gasteiger partial charge in [0.1, 0.15) is 17.5 Å². The zero-order valence-electron chi connectivity index (χ0n) is 12.7. The molecule has 0 saturated heterocycles. The molecule has 1 fully saturated rings. The molecule has 2 aromatic rings. The number of aromatic nitrogens is 3. The topological polar surface area (TPSA) is 59.8 Å². The molecular weight excluding hydrogens is 322 g/mol. The van der Waals surface area contributed by atoms with Crippen LogP contribution >= 0.6 is 11.8 Å². The Kier molecular flexibility index (Phi) is 4.34. The van der Waals surface area contributed by atoms with Crippen molar-refractivity contribution in [3.05, 3.63) is 35.7 Å². The van der Waals surface area contributed by atoms with Gasteiger partial charge in [-0.3, -0.25) is 4.79 Å². The highest BCUT2D eigenvalue weighted by Crippen LogP contribution is 2.39. The van der Waals surface area contributed by atoms with Gasteiger partial charge in [0, 0.05) is 19.0 Å². The Morgan fingerprint density at radius 3 is 2.78 bits per heavy atom. The Morgan fingerprint density at radius 1 is 1.39 bits per heavy atom. The maximum absolute atomic E-state index is 13.6. The molecular formula is C15H16F2N4OS. The van der Waals surface area contributed by atoms with Crippen molar-refractivity contribution >= 4 is 23.4 Å². The van der Waals surface area contributed by atoms with E-state index in [-0.39, 0.29) is 11.6 Å². The van der Waals surface area contributed by atoms with E-state index in [1.807, 2.05) is 11.6 Å². The third-order valence-electron chi connectivity index (χ3n) is 3.65. The fourth-order valence-electron chi connectivity index (χ4n) is 2.16. The predicted octanol–water partition coefficient (Wildman–Crippen LogP) is 3.09. The van der Waals surface area contributed by atoms with Gasteiger partial charge in [-0.05, 0) is 31.9 Å². The second-order valence-electron chi connectivity index (χ2n) is 5.55. The van der Waals surface area contributed by atoms with E-state index < -0.39 is 16.9 Å². The van der Waals surface area contributed by atoms with Crippen molar-refractivity contribution in [1.82, 2.24) is 14.8 Å². The lowest BCUT2D eigenvalue weighted by Gasteiger charge is -2.12. The summed E-state index contributed by atoms with van der Waals surface area (Å²) in [4.78, 5) is 12.2. The number of halogens is 2. The van der Waals surface area contributed by atoms with Crippen molar-refractivity contribution in [2.24, 2.45) is 7.05 Å². The van der Waals surface area contributed by atoms with Crippen molar-refractivity contribution < 1.29 is 13.6 Å². The number of thioether (sulfide) groups is 1. The maximum Gasteiger partial charge on any atom is 0.237 e. The summed E-state index contributed by atoms with van der Waals surface area (Å²) in [6.45, 7) is 1.70. The number of anilines is 1. The molecule has 1 N–H and O–H groups in total. The number of benzene rings is 1. The van der Waals surface area contributed by atoms with Crippen LogP contribution in [-0.4, -0.2) is 25.9 Å². The molecule has 0 aliphatic heterocycles. The largest absolute Gasteiger partial charge is 0.323 e. The molecule has 0 unspecified atom stereocenters. The number of amides is 1. The van der Waals surface area contributed by atoms with E-state index in [0.29, 0.717) is 11.1 Å².